The van der Waals surface area contributed by atoms with Crippen molar-refractivity contribution in [1.29, 1.82) is 0 Å². The molecule has 2 aromatic heterocycles. The van der Waals surface area contributed by atoms with Crippen molar-refractivity contribution >= 4 is 59.9 Å². The fraction of sp³-hybridized carbons (Fsp3) is 0.250. The Labute approximate surface area is 254 Å². The lowest BCUT2D eigenvalue weighted by atomic mass is 10.00. The van der Waals surface area contributed by atoms with E-state index in [2.05, 4.69) is 13.8 Å². The van der Waals surface area contributed by atoms with Crippen molar-refractivity contribution in [2.45, 2.75) is 39.5 Å². The number of fused-ring (bicyclic) bond motifs is 10. The molecule has 3 aliphatic heterocycles. The lowest BCUT2D eigenvalue weighted by molar-refractivity contribution is 0.150. The number of hydrogen-bond donors (Lipinski definition) is 0. The largest absolute Gasteiger partial charge is 0.571 e. The van der Waals surface area contributed by atoms with Crippen molar-refractivity contribution in [2.24, 2.45) is 20.0 Å². The topological polar surface area (TPSA) is 104 Å². The maximum atomic E-state index is 14.5. The highest BCUT2D eigenvalue weighted by Crippen LogP contribution is 2.52. The van der Waals surface area contributed by atoms with E-state index in [-0.39, 0.29) is 13.2 Å². The summed E-state index contributed by atoms with van der Waals surface area (Å²) in [4.78, 5) is 20.4. The van der Waals surface area contributed by atoms with Gasteiger partial charge in [-0.15, -0.1) is 0 Å². The number of amidine groups is 2. The molecular weight excluding hydrogens is 574 g/mol. The highest BCUT2D eigenvalue weighted by Gasteiger charge is 2.44. The average Bonchev–Trinajstić information content (AvgIpc) is 3.67. The van der Waals surface area contributed by atoms with Gasteiger partial charge in [0.15, 0.2) is 11.7 Å². The quantitative estimate of drug-likeness (QED) is 0.104. The number of phosphoric acid groups is 1. The summed E-state index contributed by atoms with van der Waals surface area (Å²) in [5.41, 5.74) is 3.00. The van der Waals surface area contributed by atoms with Crippen LogP contribution in [0, 0.1) is 0 Å². The molecular formula is C32H30BN6O4P. The summed E-state index contributed by atoms with van der Waals surface area (Å²) in [7, 11) is -5.10. The third kappa shape index (κ3) is 4.26. The van der Waals surface area contributed by atoms with Crippen LogP contribution in [0.1, 0.15) is 50.7 Å². The van der Waals surface area contributed by atoms with Crippen molar-refractivity contribution in [3.05, 3.63) is 94.9 Å². The second-order valence-corrected chi connectivity index (χ2v) is 12.6. The molecule has 220 valence electrons. The molecule has 8 rings (SSSR count). The van der Waals surface area contributed by atoms with Crippen LogP contribution < -0.4 is 11.0 Å². The number of rotatable bonds is 10. The number of hydrogen-bond acceptors (Lipinski definition) is 8. The number of nitrogens with zero attached hydrogens (tertiary/aromatic N) is 6. The molecule has 0 aliphatic carbocycles. The summed E-state index contributed by atoms with van der Waals surface area (Å²) in [6.45, 7) is 4.60. The van der Waals surface area contributed by atoms with Gasteiger partial charge in [0.05, 0.1) is 13.2 Å². The van der Waals surface area contributed by atoms with Gasteiger partial charge in [0, 0.05) is 32.7 Å². The normalized spacial score (nSPS) is 14.7. The van der Waals surface area contributed by atoms with Crippen LogP contribution in [-0.4, -0.2) is 41.0 Å². The Morgan fingerprint density at radius 1 is 0.636 bits per heavy atom. The van der Waals surface area contributed by atoms with Gasteiger partial charge >= 0.3 is 15.0 Å². The Balaban J connectivity index is 1.47. The van der Waals surface area contributed by atoms with Crippen LogP contribution in [0.2, 0.25) is 0 Å². The highest BCUT2D eigenvalue weighted by atomic mass is 31.2. The Morgan fingerprint density at radius 2 is 1.14 bits per heavy atom. The molecule has 3 aromatic carbocycles. The van der Waals surface area contributed by atoms with Gasteiger partial charge in [-0.25, -0.2) is 24.5 Å². The molecule has 0 radical (unpaired) electrons. The van der Waals surface area contributed by atoms with Crippen molar-refractivity contribution < 1.29 is 18.1 Å². The summed E-state index contributed by atoms with van der Waals surface area (Å²) in [5, 5.41) is 3.52. The van der Waals surface area contributed by atoms with E-state index in [1.165, 1.54) is 0 Å². The second kappa shape index (κ2) is 10.8. The van der Waals surface area contributed by atoms with Gasteiger partial charge in [-0.1, -0.05) is 99.5 Å². The Kier molecular flexibility index (Phi) is 6.72. The summed E-state index contributed by atoms with van der Waals surface area (Å²) >= 11 is 0. The first-order valence-electron chi connectivity index (χ1n) is 15.1. The predicted octanol–water partition coefficient (Wildman–Crippen LogP) is 6.47. The zero-order chi connectivity index (χ0) is 29.8. The molecule has 0 saturated heterocycles. The first kappa shape index (κ1) is 27.4. The lowest BCUT2D eigenvalue weighted by Crippen LogP contribution is -2.50. The van der Waals surface area contributed by atoms with Gasteiger partial charge in [0.1, 0.15) is 22.6 Å². The van der Waals surface area contributed by atoms with E-state index in [1.807, 2.05) is 81.8 Å². The number of aromatic nitrogens is 2. The molecule has 5 aromatic rings. The Hall–Kier alpha value is -4.15. The molecule has 3 aliphatic rings. The minimum absolute atomic E-state index is 0.247. The van der Waals surface area contributed by atoms with Crippen LogP contribution in [0.25, 0.3) is 21.5 Å². The number of aliphatic imine (C=N–C) groups is 2. The zero-order valence-electron chi connectivity index (χ0n) is 24.5. The van der Waals surface area contributed by atoms with Crippen molar-refractivity contribution in [3.63, 3.8) is 0 Å². The Bertz CT molecular complexity index is 2190. The van der Waals surface area contributed by atoms with Gasteiger partial charge in [-0.3, -0.25) is 9.05 Å². The van der Waals surface area contributed by atoms with Crippen LogP contribution in [-0.2, 0) is 18.1 Å². The standard InChI is InChI=1S/C32H30BN6O4P/c1-3-5-19-41-44(40,42-20-6-4-2)43-33-38-29-23-15-9-11-17-25(23)31(38)37-32-26-18-12-10-16-24(26)30(39(32)33)36-28-22-14-8-7-13-21(22)27(34-28)35-29/h7-18H,3-6,19-20H2,1-2H3. The van der Waals surface area contributed by atoms with Crippen molar-refractivity contribution in [2.75, 3.05) is 13.2 Å². The third-order valence-electron chi connectivity index (χ3n) is 8.15. The molecule has 0 spiro atoms. The lowest BCUT2D eigenvalue weighted by Gasteiger charge is -2.26. The first-order valence-corrected chi connectivity index (χ1v) is 16.6. The third-order valence-corrected chi connectivity index (χ3v) is 9.59. The molecule has 44 heavy (non-hydrogen) atoms. The van der Waals surface area contributed by atoms with Crippen LogP contribution in [0.15, 0.2) is 92.8 Å². The van der Waals surface area contributed by atoms with Crippen LogP contribution in [0.4, 0.5) is 11.6 Å². The fourth-order valence-electron chi connectivity index (χ4n) is 5.97. The molecule has 0 amide bonds. The average molecular weight is 604 g/mol. The van der Waals surface area contributed by atoms with Gasteiger partial charge < -0.3 is 13.4 Å². The summed E-state index contributed by atoms with van der Waals surface area (Å²) in [6, 6.07) is 23.9. The summed E-state index contributed by atoms with van der Waals surface area (Å²) in [6.07, 6.45) is 3.20. The molecule has 12 heteroatoms. The van der Waals surface area contributed by atoms with Gasteiger partial charge in [-0.05, 0) is 12.8 Å². The maximum absolute atomic E-state index is 14.5. The first-order chi connectivity index (χ1) is 21.6. The van der Waals surface area contributed by atoms with E-state index < -0.39 is 15.0 Å². The van der Waals surface area contributed by atoms with Crippen LogP contribution in [0.5, 0.6) is 0 Å². The maximum Gasteiger partial charge on any atom is 0.571 e. The molecule has 5 heterocycles. The number of benzene rings is 3. The van der Waals surface area contributed by atoms with Gasteiger partial charge in [0.2, 0.25) is 0 Å². The smallest absolute Gasteiger partial charge is 0.307 e. The van der Waals surface area contributed by atoms with E-state index in [0.717, 1.165) is 58.4 Å². The molecule has 0 saturated carbocycles. The zero-order valence-corrected chi connectivity index (χ0v) is 25.4. The fourth-order valence-corrected chi connectivity index (χ4v) is 7.29. The van der Waals surface area contributed by atoms with Crippen LogP contribution in [0.3, 0.4) is 0 Å². The SMILES string of the molecule is CCCCOP(=O)(OCCCC)OB1n2c3c4ccccc4c2N=c2c4ccccc4c(n21)=NC1=NC(=N3)c2ccccc21. The molecule has 4 bridgehead atoms. The summed E-state index contributed by atoms with van der Waals surface area (Å²) in [5.74, 6) is 2.31. The highest BCUT2D eigenvalue weighted by molar-refractivity contribution is 7.49. The molecule has 0 atom stereocenters. The van der Waals surface area contributed by atoms with E-state index in [9.17, 15) is 4.57 Å². The van der Waals surface area contributed by atoms with Gasteiger partial charge in [-0.2, -0.15) is 0 Å². The van der Waals surface area contributed by atoms with E-state index in [1.54, 1.807) is 0 Å². The molecule has 0 fully saturated rings. The molecule has 0 unspecified atom stereocenters. The van der Waals surface area contributed by atoms with E-state index >= 15 is 0 Å². The minimum atomic E-state index is -4.07. The second-order valence-electron chi connectivity index (χ2n) is 11.0. The van der Waals surface area contributed by atoms with Crippen molar-refractivity contribution in [3.8, 4) is 0 Å². The number of unbranched alkanes of at least 4 members (excludes halogenated alkanes) is 2. The number of phosphoric ester groups is 1. The van der Waals surface area contributed by atoms with E-state index in [0.29, 0.717) is 34.3 Å². The summed E-state index contributed by atoms with van der Waals surface area (Å²) < 4.78 is 36.7. The van der Waals surface area contributed by atoms with E-state index in [4.69, 9.17) is 33.5 Å². The molecule has 10 nitrogen and oxygen atoms in total. The molecule has 0 N–H and O–H groups in total. The predicted molar refractivity (Wildman–Crippen MR) is 172 cm³/mol. The van der Waals surface area contributed by atoms with Crippen LogP contribution >= 0.6 is 7.82 Å². The Morgan fingerprint density at radius 3 is 1.73 bits per heavy atom. The van der Waals surface area contributed by atoms with Crippen molar-refractivity contribution in [1.82, 2.24) is 8.96 Å². The van der Waals surface area contributed by atoms with Gasteiger partial charge in [0.25, 0.3) is 0 Å². The minimum Gasteiger partial charge on any atom is -0.307 e. The monoisotopic (exact) mass is 604 g/mol.